The van der Waals surface area contributed by atoms with Crippen LogP contribution >= 0.6 is 0 Å². The summed E-state index contributed by atoms with van der Waals surface area (Å²) in [5.74, 6) is -0.681. The van der Waals surface area contributed by atoms with Crippen LogP contribution in [-0.2, 0) is 21.4 Å². The van der Waals surface area contributed by atoms with E-state index >= 15 is 0 Å². The van der Waals surface area contributed by atoms with Crippen molar-refractivity contribution >= 4 is 17.7 Å². The zero-order valence-electron chi connectivity index (χ0n) is 31.8. The quantitative estimate of drug-likeness (QED) is 0.0850. The third-order valence-electron chi connectivity index (χ3n) is 10.0. The minimum Gasteiger partial charge on any atom is -0.496 e. The van der Waals surface area contributed by atoms with E-state index in [0.29, 0.717) is 36.5 Å². The largest absolute Gasteiger partial charge is 0.496 e. The molecule has 280 valence electrons. The highest BCUT2D eigenvalue weighted by Gasteiger charge is 2.35. The van der Waals surface area contributed by atoms with Gasteiger partial charge in [0.25, 0.3) is 0 Å². The lowest BCUT2D eigenvalue weighted by molar-refractivity contribution is -0.141. The summed E-state index contributed by atoms with van der Waals surface area (Å²) in [4.78, 5) is 50.2. The van der Waals surface area contributed by atoms with E-state index in [9.17, 15) is 19.5 Å². The average molecular weight is 720 g/mol. The van der Waals surface area contributed by atoms with Gasteiger partial charge >= 0.3 is 5.97 Å². The monoisotopic (exact) mass is 719 g/mol. The maximum Gasteiger partial charge on any atom is 0.308 e. The van der Waals surface area contributed by atoms with Gasteiger partial charge in [-0.25, -0.2) is 9.97 Å². The fraction of sp³-hybridized carbons (Fsp3) is 0.432. The Balaban J connectivity index is 1.26. The number of methoxy groups -OCH3 is 1. The number of likely N-dealkylation sites (tertiary alicyclic amines) is 1. The molecule has 2 heterocycles. The zero-order chi connectivity index (χ0) is 38.0. The number of carbonyl (C=O) groups is 3. The van der Waals surface area contributed by atoms with Crippen LogP contribution in [0.5, 0.6) is 11.5 Å². The third-order valence-corrected chi connectivity index (χ3v) is 10.0. The summed E-state index contributed by atoms with van der Waals surface area (Å²) in [6.45, 7) is 9.72. The molecule has 9 heteroatoms. The van der Waals surface area contributed by atoms with E-state index in [1.54, 1.807) is 18.1 Å². The van der Waals surface area contributed by atoms with Gasteiger partial charge < -0.3 is 19.5 Å². The molecule has 9 nitrogen and oxygen atoms in total. The number of aliphatic carboxylic acids is 1. The fourth-order valence-corrected chi connectivity index (χ4v) is 6.73. The first-order chi connectivity index (χ1) is 25.5. The van der Waals surface area contributed by atoms with Crippen LogP contribution in [0.25, 0.3) is 22.5 Å². The summed E-state index contributed by atoms with van der Waals surface area (Å²) in [5.41, 5.74) is 4.95. The van der Waals surface area contributed by atoms with Crippen LogP contribution in [0.3, 0.4) is 0 Å². The zero-order valence-corrected chi connectivity index (χ0v) is 31.8. The van der Waals surface area contributed by atoms with Crippen LogP contribution in [0.4, 0.5) is 0 Å². The second-order valence-corrected chi connectivity index (χ2v) is 15.1. The molecule has 3 aromatic carbocycles. The molecule has 1 aromatic heterocycles. The van der Waals surface area contributed by atoms with E-state index in [1.807, 2.05) is 73.1 Å². The number of nitrogens with zero attached hydrogens (tertiary/aromatic N) is 3. The molecule has 1 amide bonds. The summed E-state index contributed by atoms with van der Waals surface area (Å²) in [6, 6.07) is 21.3. The van der Waals surface area contributed by atoms with Crippen LogP contribution < -0.4 is 9.47 Å². The topological polar surface area (TPSA) is 119 Å². The lowest BCUT2D eigenvalue weighted by Crippen LogP contribution is -2.37. The number of unbranched alkanes of at least 4 members (excludes halogenated alkanes) is 4. The van der Waals surface area contributed by atoms with Crippen LogP contribution in [-0.4, -0.2) is 64.4 Å². The Morgan fingerprint density at radius 1 is 0.887 bits per heavy atom. The van der Waals surface area contributed by atoms with E-state index in [1.165, 1.54) is 25.7 Å². The summed E-state index contributed by atoms with van der Waals surface area (Å²) >= 11 is 0. The number of carboxylic acids is 1. The molecule has 5 rings (SSSR count). The average Bonchev–Trinajstić information content (AvgIpc) is 3.67. The molecule has 4 aromatic rings. The Labute approximate surface area is 313 Å². The Bertz CT molecular complexity index is 1830. The van der Waals surface area contributed by atoms with Crippen molar-refractivity contribution in [3.8, 4) is 34.0 Å². The predicted molar refractivity (Wildman–Crippen MR) is 207 cm³/mol. The van der Waals surface area contributed by atoms with E-state index in [-0.39, 0.29) is 30.1 Å². The molecule has 2 atom stereocenters. The molecule has 0 saturated carbocycles. The van der Waals surface area contributed by atoms with Gasteiger partial charge in [-0.15, -0.1) is 0 Å². The second kappa shape index (κ2) is 18.1. The van der Waals surface area contributed by atoms with E-state index in [0.717, 1.165) is 46.6 Å². The van der Waals surface area contributed by atoms with Gasteiger partial charge in [0.15, 0.2) is 11.6 Å². The number of hydrogen-bond donors (Lipinski definition) is 1. The van der Waals surface area contributed by atoms with Crippen LogP contribution in [0.2, 0.25) is 0 Å². The number of aromatic nitrogens is 2. The van der Waals surface area contributed by atoms with Crippen molar-refractivity contribution in [1.82, 2.24) is 14.9 Å². The summed E-state index contributed by atoms with van der Waals surface area (Å²) in [5, 5.41) is 9.55. The van der Waals surface area contributed by atoms with Gasteiger partial charge in [-0.05, 0) is 65.6 Å². The molecule has 1 saturated heterocycles. The molecule has 1 N–H and O–H groups in total. The van der Waals surface area contributed by atoms with E-state index in [4.69, 9.17) is 9.47 Å². The first kappa shape index (κ1) is 39.2. The predicted octanol–water partition coefficient (Wildman–Crippen LogP) is 8.83. The molecule has 0 spiro atoms. The first-order valence-corrected chi connectivity index (χ1v) is 18.8. The third kappa shape index (κ3) is 10.5. The second-order valence-electron chi connectivity index (χ2n) is 15.1. The van der Waals surface area contributed by atoms with Gasteiger partial charge in [-0.2, -0.15) is 0 Å². The summed E-state index contributed by atoms with van der Waals surface area (Å²) < 4.78 is 11.5. The van der Waals surface area contributed by atoms with Crippen molar-refractivity contribution in [2.24, 2.45) is 11.8 Å². The Morgan fingerprint density at radius 2 is 1.57 bits per heavy atom. The summed E-state index contributed by atoms with van der Waals surface area (Å²) in [7, 11) is 1.54. The van der Waals surface area contributed by atoms with Crippen molar-refractivity contribution in [1.29, 1.82) is 0 Å². The molecular weight excluding hydrogens is 666 g/mol. The lowest BCUT2D eigenvalue weighted by atomic mass is 9.85. The number of ether oxygens (including phenoxy) is 2. The normalized spacial score (nSPS) is 14.9. The van der Waals surface area contributed by atoms with Gasteiger partial charge in [0.2, 0.25) is 5.91 Å². The number of carbonyl (C=O) groups excluding carboxylic acids is 2. The minimum atomic E-state index is -0.909. The Hall–Kier alpha value is -5.05. The first-order valence-electron chi connectivity index (χ1n) is 18.8. The van der Waals surface area contributed by atoms with Crippen LogP contribution in [0, 0.1) is 11.8 Å². The fourth-order valence-electron chi connectivity index (χ4n) is 6.73. The molecular formula is C44H53N3O6. The van der Waals surface area contributed by atoms with Crippen molar-refractivity contribution in [3.05, 3.63) is 95.8 Å². The molecule has 53 heavy (non-hydrogen) atoms. The van der Waals surface area contributed by atoms with Crippen LogP contribution in [0.15, 0.2) is 79.1 Å². The maximum absolute atomic E-state index is 13.9. The molecule has 1 aliphatic heterocycles. The van der Waals surface area contributed by atoms with Crippen molar-refractivity contribution in [3.63, 3.8) is 0 Å². The highest BCUT2D eigenvalue weighted by molar-refractivity contribution is 6.01. The van der Waals surface area contributed by atoms with Crippen molar-refractivity contribution < 1.29 is 29.0 Å². The number of ketones is 1. The van der Waals surface area contributed by atoms with Crippen molar-refractivity contribution in [2.45, 2.75) is 84.5 Å². The number of rotatable bonds is 17. The van der Waals surface area contributed by atoms with Gasteiger partial charge in [0.1, 0.15) is 11.5 Å². The molecule has 0 unspecified atom stereocenters. The minimum absolute atomic E-state index is 0.0310. The maximum atomic E-state index is 13.9. The van der Waals surface area contributed by atoms with Gasteiger partial charge in [-0.1, -0.05) is 95.8 Å². The number of amides is 1. The van der Waals surface area contributed by atoms with Gasteiger partial charge in [0.05, 0.1) is 25.2 Å². The smallest absolute Gasteiger partial charge is 0.308 e. The van der Waals surface area contributed by atoms with Crippen molar-refractivity contribution in [2.75, 3.05) is 26.8 Å². The summed E-state index contributed by atoms with van der Waals surface area (Å²) in [6.07, 6.45) is 10.3. The Morgan fingerprint density at radius 3 is 2.19 bits per heavy atom. The highest BCUT2D eigenvalue weighted by Crippen LogP contribution is 2.31. The molecule has 1 fully saturated rings. The van der Waals surface area contributed by atoms with E-state index in [2.05, 4.69) is 37.7 Å². The molecule has 1 aliphatic rings. The highest BCUT2D eigenvalue weighted by atomic mass is 16.5. The molecule has 0 aliphatic carbocycles. The lowest BCUT2D eigenvalue weighted by Gasteiger charge is -2.24. The van der Waals surface area contributed by atoms with Gasteiger partial charge in [-0.3, -0.25) is 14.4 Å². The standard InChI is InChI=1S/C44H53N3O6/c1-6-7-8-9-10-23-53-37-18-15-31(16-19-37)35-27-45-41(46-28-35)32-13-11-30(12-14-32)24-34(42(49)47-22-21-33(29-47)43(50)51)25-39(48)38-20-17-36(44(2,3)4)26-40(38)52-5/h11-20,26-28,33-34H,6-10,21-25,29H2,1-5H3,(H,50,51)/t33-,34+/m0/s1. The number of hydrogen-bond acceptors (Lipinski definition) is 7. The molecule has 0 radical (unpaired) electrons. The van der Waals surface area contributed by atoms with E-state index < -0.39 is 17.8 Å². The SMILES string of the molecule is CCCCCCCOc1ccc(-c2cnc(-c3ccc(C[C@H](CC(=O)c4ccc(C(C)(C)C)cc4OC)C(=O)N4CC[C@H](C(=O)O)C4)cc3)nc2)cc1. The number of Topliss-reactive ketones (excluding diaryl/α,β-unsaturated/α-hetero) is 1. The molecule has 0 bridgehead atoms. The van der Waals surface area contributed by atoms with Gasteiger partial charge in [0, 0.05) is 48.9 Å². The van der Waals surface area contributed by atoms with Crippen LogP contribution in [0.1, 0.15) is 94.1 Å². The number of carboxylic acid groups (broad SMARTS) is 1. The Kier molecular flexibility index (Phi) is 13.4. The number of benzene rings is 3.